The van der Waals surface area contributed by atoms with Gasteiger partial charge >= 0.3 is 5.97 Å². The number of nitrogens with one attached hydrogen (secondary N) is 1. The van der Waals surface area contributed by atoms with E-state index in [1.165, 1.54) is 0 Å². The molecule has 1 fully saturated rings. The van der Waals surface area contributed by atoms with Gasteiger partial charge in [0.1, 0.15) is 5.54 Å². The van der Waals surface area contributed by atoms with Gasteiger partial charge in [-0.05, 0) is 66.2 Å². The second-order valence-corrected chi connectivity index (χ2v) is 6.80. The van der Waals surface area contributed by atoms with E-state index in [2.05, 4.69) is 36.1 Å². The summed E-state index contributed by atoms with van der Waals surface area (Å²) in [5, 5.41) is 12.8. The minimum Gasteiger partial charge on any atom is -0.480 e. The van der Waals surface area contributed by atoms with Gasteiger partial charge in [-0.25, -0.2) is 0 Å². The molecule has 0 spiro atoms. The van der Waals surface area contributed by atoms with Crippen molar-refractivity contribution in [1.82, 2.24) is 15.1 Å². The first-order chi connectivity index (χ1) is 9.87. The number of hydrogen-bond acceptors (Lipinski definition) is 4. The standard InChI is InChI=1S/C16H33N3O2/c1-5-10-19(13-12-18(3)4)11-6-9-16(2,15(20)21)17-14-7-8-14/h14,17H,5-13H2,1-4H3,(H,20,21). The first-order valence-corrected chi connectivity index (χ1v) is 8.25. The Morgan fingerprint density at radius 2 is 1.90 bits per heavy atom. The van der Waals surface area contributed by atoms with Crippen LogP contribution in [0.4, 0.5) is 0 Å². The van der Waals surface area contributed by atoms with Crippen molar-refractivity contribution >= 4 is 5.97 Å². The quantitative estimate of drug-likeness (QED) is 0.574. The zero-order valence-electron chi connectivity index (χ0n) is 14.2. The van der Waals surface area contributed by atoms with Crippen LogP contribution in [-0.2, 0) is 4.79 Å². The van der Waals surface area contributed by atoms with Crippen LogP contribution >= 0.6 is 0 Å². The Labute approximate surface area is 129 Å². The van der Waals surface area contributed by atoms with Crippen molar-refractivity contribution in [3.8, 4) is 0 Å². The Hall–Kier alpha value is -0.650. The van der Waals surface area contributed by atoms with E-state index >= 15 is 0 Å². The number of hydrogen-bond donors (Lipinski definition) is 2. The molecule has 5 heteroatoms. The third-order valence-corrected chi connectivity index (χ3v) is 4.13. The maximum Gasteiger partial charge on any atom is 0.323 e. The van der Waals surface area contributed by atoms with E-state index < -0.39 is 11.5 Å². The molecule has 1 saturated carbocycles. The Kier molecular flexibility index (Phi) is 7.63. The number of likely N-dealkylation sites (N-methyl/N-ethyl adjacent to an activating group) is 1. The van der Waals surface area contributed by atoms with E-state index in [0.717, 1.165) is 51.9 Å². The van der Waals surface area contributed by atoms with E-state index in [1.54, 1.807) is 0 Å². The lowest BCUT2D eigenvalue weighted by Crippen LogP contribution is -2.51. The van der Waals surface area contributed by atoms with Gasteiger partial charge in [0.05, 0.1) is 0 Å². The molecule has 0 aromatic heterocycles. The number of aliphatic carboxylic acids is 1. The molecule has 5 nitrogen and oxygen atoms in total. The van der Waals surface area contributed by atoms with Crippen LogP contribution in [-0.4, -0.2) is 72.7 Å². The smallest absolute Gasteiger partial charge is 0.323 e. The molecule has 0 aromatic carbocycles. The van der Waals surface area contributed by atoms with Crippen LogP contribution in [0.3, 0.4) is 0 Å². The van der Waals surface area contributed by atoms with E-state index in [0.29, 0.717) is 12.5 Å². The molecule has 124 valence electrons. The largest absolute Gasteiger partial charge is 0.480 e. The molecule has 0 aliphatic heterocycles. The average molecular weight is 299 g/mol. The van der Waals surface area contributed by atoms with Gasteiger partial charge in [0, 0.05) is 19.1 Å². The maximum absolute atomic E-state index is 11.5. The van der Waals surface area contributed by atoms with E-state index in [1.807, 2.05) is 6.92 Å². The first kappa shape index (κ1) is 18.4. The minimum atomic E-state index is -0.763. The number of carboxylic acids is 1. The number of nitrogens with zero attached hydrogens (tertiary/aromatic N) is 2. The molecule has 2 N–H and O–H groups in total. The van der Waals surface area contributed by atoms with E-state index in [4.69, 9.17) is 0 Å². The first-order valence-electron chi connectivity index (χ1n) is 8.25. The Morgan fingerprint density at radius 1 is 1.24 bits per heavy atom. The molecule has 0 bridgehead atoms. The van der Waals surface area contributed by atoms with Gasteiger partial charge < -0.3 is 14.9 Å². The number of carbonyl (C=O) groups is 1. The summed E-state index contributed by atoms with van der Waals surface area (Å²) in [5.41, 5.74) is -0.763. The predicted molar refractivity (Wildman–Crippen MR) is 86.7 cm³/mol. The normalized spacial score (nSPS) is 18.2. The van der Waals surface area contributed by atoms with Crippen molar-refractivity contribution < 1.29 is 9.90 Å². The van der Waals surface area contributed by atoms with Crippen LogP contribution in [0.5, 0.6) is 0 Å². The Morgan fingerprint density at radius 3 is 2.38 bits per heavy atom. The van der Waals surface area contributed by atoms with E-state index in [-0.39, 0.29) is 0 Å². The zero-order chi connectivity index (χ0) is 15.9. The van der Waals surface area contributed by atoms with Crippen molar-refractivity contribution in [2.75, 3.05) is 40.3 Å². The predicted octanol–water partition coefficient (Wildman–Crippen LogP) is 1.64. The van der Waals surface area contributed by atoms with Gasteiger partial charge in [-0.1, -0.05) is 6.92 Å². The van der Waals surface area contributed by atoms with Crippen LogP contribution in [0.2, 0.25) is 0 Å². The second-order valence-electron chi connectivity index (χ2n) is 6.80. The Balaban J connectivity index is 2.36. The van der Waals surface area contributed by atoms with Gasteiger partial charge in [0.2, 0.25) is 0 Å². The van der Waals surface area contributed by atoms with Crippen molar-refractivity contribution in [3.05, 3.63) is 0 Å². The topological polar surface area (TPSA) is 55.8 Å². The third-order valence-electron chi connectivity index (χ3n) is 4.13. The van der Waals surface area contributed by atoms with Crippen molar-refractivity contribution in [3.63, 3.8) is 0 Å². The number of rotatable bonds is 12. The summed E-state index contributed by atoms with van der Waals surface area (Å²) in [6.45, 7) is 8.21. The van der Waals surface area contributed by atoms with Gasteiger partial charge in [-0.2, -0.15) is 0 Å². The summed E-state index contributed by atoms with van der Waals surface area (Å²) in [6.07, 6.45) is 5.00. The van der Waals surface area contributed by atoms with Crippen LogP contribution in [0.25, 0.3) is 0 Å². The molecule has 0 radical (unpaired) electrons. The summed E-state index contributed by atoms with van der Waals surface area (Å²) < 4.78 is 0. The molecular formula is C16H33N3O2. The molecule has 0 amide bonds. The molecule has 1 aliphatic carbocycles. The minimum absolute atomic E-state index is 0.423. The van der Waals surface area contributed by atoms with Crippen LogP contribution in [0, 0.1) is 0 Å². The molecular weight excluding hydrogens is 266 g/mol. The fourth-order valence-electron chi connectivity index (χ4n) is 2.57. The fraction of sp³-hybridized carbons (Fsp3) is 0.938. The zero-order valence-corrected chi connectivity index (χ0v) is 14.2. The monoisotopic (exact) mass is 299 g/mol. The summed E-state index contributed by atoms with van der Waals surface area (Å²) in [5.74, 6) is -0.718. The van der Waals surface area contributed by atoms with Crippen molar-refractivity contribution in [1.29, 1.82) is 0 Å². The molecule has 0 aromatic rings. The lowest BCUT2D eigenvalue weighted by molar-refractivity contribution is -0.144. The molecule has 0 heterocycles. The van der Waals surface area contributed by atoms with Crippen molar-refractivity contribution in [2.45, 2.75) is 57.5 Å². The lowest BCUT2D eigenvalue weighted by atomic mass is 9.95. The van der Waals surface area contributed by atoms with Gasteiger partial charge in [-0.3, -0.25) is 10.1 Å². The third kappa shape index (κ3) is 7.25. The van der Waals surface area contributed by atoms with Gasteiger partial charge in [-0.15, -0.1) is 0 Å². The van der Waals surface area contributed by atoms with Crippen molar-refractivity contribution in [2.24, 2.45) is 0 Å². The fourth-order valence-corrected chi connectivity index (χ4v) is 2.57. The highest BCUT2D eigenvalue weighted by molar-refractivity contribution is 5.78. The maximum atomic E-state index is 11.5. The SMILES string of the molecule is CCCN(CCCC(C)(NC1CC1)C(=O)O)CCN(C)C. The highest BCUT2D eigenvalue weighted by atomic mass is 16.4. The molecule has 1 unspecified atom stereocenters. The van der Waals surface area contributed by atoms with Crippen LogP contribution in [0.15, 0.2) is 0 Å². The highest BCUT2D eigenvalue weighted by Crippen LogP contribution is 2.25. The summed E-state index contributed by atoms with van der Waals surface area (Å²) in [7, 11) is 4.18. The molecule has 1 aliphatic rings. The molecule has 1 atom stereocenters. The van der Waals surface area contributed by atoms with Gasteiger partial charge in [0.15, 0.2) is 0 Å². The van der Waals surface area contributed by atoms with Crippen LogP contribution < -0.4 is 5.32 Å². The summed E-state index contributed by atoms with van der Waals surface area (Å²) in [4.78, 5) is 16.2. The lowest BCUT2D eigenvalue weighted by Gasteiger charge is -2.29. The van der Waals surface area contributed by atoms with Gasteiger partial charge in [0.25, 0.3) is 0 Å². The summed E-state index contributed by atoms with van der Waals surface area (Å²) >= 11 is 0. The number of carboxylic acid groups (broad SMARTS) is 1. The Bertz CT molecular complexity index is 319. The molecule has 21 heavy (non-hydrogen) atoms. The summed E-state index contributed by atoms with van der Waals surface area (Å²) in [6, 6.07) is 0.423. The van der Waals surface area contributed by atoms with Crippen LogP contribution in [0.1, 0.15) is 46.0 Å². The van der Waals surface area contributed by atoms with E-state index in [9.17, 15) is 9.90 Å². The molecule has 1 rings (SSSR count). The second kappa shape index (κ2) is 8.71. The highest BCUT2D eigenvalue weighted by Gasteiger charge is 2.37. The molecule has 0 saturated heterocycles. The average Bonchev–Trinajstić information content (AvgIpc) is 3.19.